The Morgan fingerprint density at radius 1 is 1.08 bits per heavy atom. The Morgan fingerprint density at radius 3 is 2.73 bits per heavy atom. The van der Waals surface area contributed by atoms with Crippen molar-refractivity contribution in [2.45, 2.75) is 37.8 Å². The lowest BCUT2D eigenvalue weighted by Crippen LogP contribution is -2.07. The molecule has 0 unspecified atom stereocenters. The number of hydrogen-bond donors (Lipinski definition) is 0. The summed E-state index contributed by atoms with van der Waals surface area (Å²) in [5, 5.41) is 8.60. The molecule has 132 valence electrons. The van der Waals surface area contributed by atoms with Crippen molar-refractivity contribution >= 4 is 17.5 Å². The van der Waals surface area contributed by atoms with E-state index in [0.29, 0.717) is 16.9 Å². The second-order valence-electron chi connectivity index (χ2n) is 6.59. The van der Waals surface area contributed by atoms with Crippen molar-refractivity contribution in [2.75, 3.05) is 5.75 Å². The highest BCUT2D eigenvalue weighted by Crippen LogP contribution is 2.27. The van der Waals surface area contributed by atoms with E-state index in [-0.39, 0.29) is 5.78 Å². The summed E-state index contributed by atoms with van der Waals surface area (Å²) in [7, 11) is 0. The Morgan fingerprint density at radius 2 is 1.88 bits per heavy atom. The predicted octanol–water partition coefficient (Wildman–Crippen LogP) is 4.90. The molecule has 0 amide bonds. The van der Waals surface area contributed by atoms with Gasteiger partial charge in [0.15, 0.2) is 5.78 Å². The van der Waals surface area contributed by atoms with Crippen molar-refractivity contribution in [1.29, 1.82) is 0 Å². The van der Waals surface area contributed by atoms with Gasteiger partial charge in [-0.15, -0.1) is 10.2 Å². The standard InChI is InChI=1S/C21H20N2O2S/c1-14-6-2-5-9-18(14)20-22-23-21(25-20)26-13-19(24)17-11-10-15-7-3-4-8-16(15)12-17/h2,5-6,9-12H,3-4,7-8,13H2,1H3. The zero-order valence-corrected chi connectivity index (χ0v) is 15.5. The summed E-state index contributed by atoms with van der Waals surface area (Å²) >= 11 is 1.29. The van der Waals surface area contributed by atoms with E-state index in [4.69, 9.17) is 4.42 Å². The number of aryl methyl sites for hydroxylation is 3. The fraction of sp³-hybridized carbons (Fsp3) is 0.286. The molecule has 5 heteroatoms. The van der Waals surface area contributed by atoms with Gasteiger partial charge in [0.2, 0.25) is 5.89 Å². The number of nitrogens with zero attached hydrogens (tertiary/aromatic N) is 2. The summed E-state index contributed by atoms with van der Waals surface area (Å²) in [5.41, 5.74) is 5.49. The Bertz CT molecular complexity index is 949. The second kappa shape index (κ2) is 7.46. The van der Waals surface area contributed by atoms with Crippen LogP contribution in [0.1, 0.15) is 39.9 Å². The van der Waals surface area contributed by atoms with Gasteiger partial charge in [0, 0.05) is 11.1 Å². The molecule has 0 saturated heterocycles. The molecule has 0 atom stereocenters. The highest BCUT2D eigenvalue weighted by Gasteiger charge is 2.15. The van der Waals surface area contributed by atoms with Crippen LogP contribution in [0, 0.1) is 6.92 Å². The molecule has 0 radical (unpaired) electrons. The van der Waals surface area contributed by atoms with Gasteiger partial charge in [-0.3, -0.25) is 4.79 Å². The van der Waals surface area contributed by atoms with E-state index in [1.54, 1.807) is 0 Å². The molecule has 4 nitrogen and oxygen atoms in total. The van der Waals surface area contributed by atoms with E-state index in [9.17, 15) is 4.79 Å². The Labute approximate surface area is 157 Å². The number of fused-ring (bicyclic) bond motifs is 1. The first kappa shape index (κ1) is 17.0. The second-order valence-corrected chi connectivity index (χ2v) is 7.52. The van der Waals surface area contributed by atoms with Crippen molar-refractivity contribution < 1.29 is 9.21 Å². The van der Waals surface area contributed by atoms with Crippen LogP contribution in [0.5, 0.6) is 0 Å². The van der Waals surface area contributed by atoms with Gasteiger partial charge in [-0.1, -0.05) is 42.1 Å². The van der Waals surface area contributed by atoms with Gasteiger partial charge in [0.05, 0.1) is 5.75 Å². The molecule has 0 spiro atoms. The first-order chi connectivity index (χ1) is 12.7. The summed E-state index contributed by atoms with van der Waals surface area (Å²) in [6.45, 7) is 2.01. The first-order valence-electron chi connectivity index (χ1n) is 8.88. The van der Waals surface area contributed by atoms with Crippen LogP contribution in [-0.2, 0) is 12.8 Å². The number of carbonyl (C=O) groups excluding carboxylic acids is 1. The minimum atomic E-state index is 0.0963. The van der Waals surface area contributed by atoms with Crippen LogP contribution in [0.25, 0.3) is 11.5 Å². The SMILES string of the molecule is Cc1ccccc1-c1nnc(SCC(=O)c2ccc3c(c2)CCCC3)o1. The molecule has 4 rings (SSSR count). The van der Waals surface area contributed by atoms with Crippen LogP contribution in [0.4, 0.5) is 0 Å². The van der Waals surface area contributed by atoms with Crippen molar-refractivity contribution in [3.05, 3.63) is 64.7 Å². The minimum absolute atomic E-state index is 0.0963. The monoisotopic (exact) mass is 364 g/mol. The number of carbonyl (C=O) groups is 1. The number of Topliss-reactive ketones (excluding diaryl/α,β-unsaturated/α-hetero) is 1. The third-order valence-electron chi connectivity index (χ3n) is 4.78. The lowest BCUT2D eigenvalue weighted by atomic mass is 9.90. The fourth-order valence-corrected chi connectivity index (χ4v) is 3.96. The predicted molar refractivity (Wildman–Crippen MR) is 103 cm³/mol. The van der Waals surface area contributed by atoms with Crippen LogP contribution in [0.3, 0.4) is 0 Å². The molecule has 1 heterocycles. The smallest absolute Gasteiger partial charge is 0.277 e. The molecule has 1 aliphatic carbocycles. The number of aromatic nitrogens is 2. The minimum Gasteiger partial charge on any atom is -0.411 e. The third-order valence-corrected chi connectivity index (χ3v) is 5.60. The molecule has 0 saturated carbocycles. The van der Waals surface area contributed by atoms with Crippen LogP contribution in [-0.4, -0.2) is 21.7 Å². The number of ketones is 1. The Kier molecular flexibility index (Phi) is 4.89. The molecule has 2 aromatic carbocycles. The summed E-state index contributed by atoms with van der Waals surface area (Å²) in [6, 6.07) is 14.0. The van der Waals surface area contributed by atoms with Gasteiger partial charge in [0.25, 0.3) is 5.22 Å². The van der Waals surface area contributed by atoms with Crippen LogP contribution in [0.15, 0.2) is 52.1 Å². The molecule has 3 aromatic rings. The van der Waals surface area contributed by atoms with Gasteiger partial charge in [0.1, 0.15) is 0 Å². The van der Waals surface area contributed by atoms with Gasteiger partial charge >= 0.3 is 0 Å². The summed E-state index contributed by atoms with van der Waals surface area (Å²) < 4.78 is 5.72. The van der Waals surface area contributed by atoms with Crippen molar-refractivity contribution in [2.24, 2.45) is 0 Å². The summed E-state index contributed by atoms with van der Waals surface area (Å²) in [6.07, 6.45) is 4.66. The molecule has 1 aromatic heterocycles. The zero-order valence-electron chi connectivity index (χ0n) is 14.7. The lowest BCUT2D eigenvalue weighted by molar-refractivity contribution is 0.102. The van der Waals surface area contributed by atoms with Crippen LogP contribution in [0.2, 0.25) is 0 Å². The highest BCUT2D eigenvalue weighted by atomic mass is 32.2. The van der Waals surface area contributed by atoms with Gasteiger partial charge in [-0.2, -0.15) is 0 Å². The molecule has 26 heavy (non-hydrogen) atoms. The Balaban J connectivity index is 1.43. The number of benzene rings is 2. The third kappa shape index (κ3) is 3.58. The van der Waals surface area contributed by atoms with Crippen LogP contribution >= 0.6 is 11.8 Å². The van der Waals surface area contributed by atoms with Crippen molar-refractivity contribution in [1.82, 2.24) is 10.2 Å². The Hall–Kier alpha value is -2.40. The zero-order chi connectivity index (χ0) is 17.9. The molecule has 1 aliphatic rings. The molecule has 0 bridgehead atoms. The molecule has 0 aliphatic heterocycles. The number of thioether (sulfide) groups is 1. The van der Waals surface area contributed by atoms with E-state index in [1.807, 2.05) is 37.3 Å². The molecular weight excluding hydrogens is 344 g/mol. The maximum absolute atomic E-state index is 12.5. The molecular formula is C21H20N2O2S. The average Bonchev–Trinajstić information content (AvgIpc) is 3.15. The van der Waals surface area contributed by atoms with Gasteiger partial charge in [-0.25, -0.2) is 0 Å². The lowest BCUT2D eigenvalue weighted by Gasteiger charge is -2.16. The summed E-state index contributed by atoms with van der Waals surface area (Å²) in [4.78, 5) is 12.5. The average molecular weight is 364 g/mol. The maximum Gasteiger partial charge on any atom is 0.277 e. The highest BCUT2D eigenvalue weighted by molar-refractivity contribution is 7.99. The largest absolute Gasteiger partial charge is 0.411 e. The van der Waals surface area contributed by atoms with E-state index in [2.05, 4.69) is 22.3 Å². The number of hydrogen-bond acceptors (Lipinski definition) is 5. The van der Waals surface area contributed by atoms with E-state index < -0.39 is 0 Å². The van der Waals surface area contributed by atoms with Gasteiger partial charge < -0.3 is 4.42 Å². The normalized spacial score (nSPS) is 13.4. The van der Waals surface area contributed by atoms with Gasteiger partial charge in [-0.05, 0) is 61.4 Å². The molecule has 0 N–H and O–H groups in total. The van der Waals surface area contributed by atoms with Crippen LogP contribution < -0.4 is 0 Å². The van der Waals surface area contributed by atoms with E-state index >= 15 is 0 Å². The number of rotatable bonds is 5. The summed E-state index contributed by atoms with van der Waals surface area (Å²) in [5.74, 6) is 0.889. The molecule has 0 fully saturated rings. The van der Waals surface area contributed by atoms with E-state index in [1.165, 1.54) is 35.7 Å². The van der Waals surface area contributed by atoms with Crippen molar-refractivity contribution in [3.8, 4) is 11.5 Å². The maximum atomic E-state index is 12.5. The quantitative estimate of drug-likeness (QED) is 0.476. The van der Waals surface area contributed by atoms with Crippen molar-refractivity contribution in [3.63, 3.8) is 0 Å². The topological polar surface area (TPSA) is 56.0 Å². The fourth-order valence-electron chi connectivity index (χ4n) is 3.31. The van der Waals surface area contributed by atoms with E-state index in [0.717, 1.165) is 29.5 Å². The first-order valence-corrected chi connectivity index (χ1v) is 9.86.